The van der Waals surface area contributed by atoms with Crippen molar-refractivity contribution in [1.82, 2.24) is 0 Å². The largest absolute Gasteiger partial charge is 0.322 e. The van der Waals surface area contributed by atoms with Crippen LogP contribution in [0.4, 0.5) is 14.5 Å². The van der Waals surface area contributed by atoms with E-state index >= 15 is 0 Å². The van der Waals surface area contributed by atoms with Gasteiger partial charge in [-0.15, -0.1) is 0 Å². The zero-order valence-corrected chi connectivity index (χ0v) is 10.9. The zero-order chi connectivity index (χ0) is 14.0. The van der Waals surface area contributed by atoms with Gasteiger partial charge in [0, 0.05) is 16.8 Å². The van der Waals surface area contributed by atoms with Gasteiger partial charge in [0.15, 0.2) is 11.6 Å². The average molecular weight is 302 g/mol. The highest BCUT2D eigenvalue weighted by atomic mass is 35.5. The van der Waals surface area contributed by atoms with Crippen LogP contribution in [0.5, 0.6) is 0 Å². The third-order valence-corrected chi connectivity index (χ3v) is 2.92. The van der Waals surface area contributed by atoms with Gasteiger partial charge in [0.05, 0.1) is 10.6 Å². The number of amides is 1. The smallest absolute Gasteiger partial charge is 0.257 e. The van der Waals surface area contributed by atoms with Crippen LogP contribution in [0.25, 0.3) is 0 Å². The molecular weight excluding hydrogens is 295 g/mol. The molecule has 0 radical (unpaired) electrons. The van der Waals surface area contributed by atoms with E-state index in [4.69, 9.17) is 23.2 Å². The number of carbonyl (C=O) groups is 1. The van der Waals surface area contributed by atoms with E-state index < -0.39 is 17.5 Å². The van der Waals surface area contributed by atoms with Crippen molar-refractivity contribution in [3.63, 3.8) is 0 Å². The minimum atomic E-state index is -1.05. The molecule has 0 aliphatic carbocycles. The summed E-state index contributed by atoms with van der Waals surface area (Å²) in [4.78, 5) is 11.9. The van der Waals surface area contributed by atoms with Crippen LogP contribution in [-0.4, -0.2) is 5.91 Å². The molecule has 1 amide bonds. The summed E-state index contributed by atoms with van der Waals surface area (Å²) in [7, 11) is 0. The van der Waals surface area contributed by atoms with Gasteiger partial charge in [0.2, 0.25) is 0 Å². The number of halogens is 4. The molecule has 19 heavy (non-hydrogen) atoms. The van der Waals surface area contributed by atoms with Gasteiger partial charge in [-0.25, -0.2) is 8.78 Å². The van der Waals surface area contributed by atoms with Crippen LogP contribution in [0.2, 0.25) is 10.0 Å². The van der Waals surface area contributed by atoms with Crippen molar-refractivity contribution in [2.24, 2.45) is 0 Å². The van der Waals surface area contributed by atoms with E-state index in [1.165, 1.54) is 24.3 Å². The Bertz CT molecular complexity index is 647. The molecule has 0 saturated carbocycles. The Labute approximate surface area is 118 Å². The predicted molar refractivity (Wildman–Crippen MR) is 70.8 cm³/mol. The second kappa shape index (κ2) is 5.55. The van der Waals surface area contributed by atoms with Crippen molar-refractivity contribution in [2.75, 3.05) is 5.32 Å². The van der Waals surface area contributed by atoms with Crippen molar-refractivity contribution in [3.8, 4) is 0 Å². The Morgan fingerprint density at radius 2 is 1.74 bits per heavy atom. The lowest BCUT2D eigenvalue weighted by atomic mass is 10.2. The molecule has 0 unspecified atom stereocenters. The fraction of sp³-hybridized carbons (Fsp3) is 0. The lowest BCUT2D eigenvalue weighted by Gasteiger charge is -2.07. The number of carbonyl (C=O) groups excluding carboxylic acids is 1. The van der Waals surface area contributed by atoms with Gasteiger partial charge in [0.25, 0.3) is 5.91 Å². The Kier molecular flexibility index (Phi) is 4.02. The monoisotopic (exact) mass is 301 g/mol. The second-order valence-corrected chi connectivity index (χ2v) is 4.55. The zero-order valence-electron chi connectivity index (χ0n) is 9.38. The molecule has 0 heterocycles. The highest BCUT2D eigenvalue weighted by Gasteiger charge is 2.12. The van der Waals surface area contributed by atoms with E-state index in [0.717, 1.165) is 12.1 Å². The molecule has 0 spiro atoms. The van der Waals surface area contributed by atoms with Gasteiger partial charge in [-0.1, -0.05) is 23.2 Å². The summed E-state index contributed by atoms with van der Waals surface area (Å²) in [5, 5.41) is 2.97. The Morgan fingerprint density at radius 3 is 2.42 bits per heavy atom. The molecule has 0 saturated heterocycles. The summed E-state index contributed by atoms with van der Waals surface area (Å²) < 4.78 is 25.8. The minimum absolute atomic E-state index is 0.125. The number of hydrogen-bond acceptors (Lipinski definition) is 1. The SMILES string of the molecule is O=C(Nc1ccc(F)c(F)c1)c1cc(Cl)ccc1Cl. The van der Waals surface area contributed by atoms with Crippen LogP contribution in [0.3, 0.4) is 0 Å². The number of rotatable bonds is 2. The molecule has 2 aromatic rings. The van der Waals surface area contributed by atoms with Gasteiger partial charge in [-0.2, -0.15) is 0 Å². The van der Waals surface area contributed by atoms with Gasteiger partial charge in [-0.3, -0.25) is 4.79 Å². The second-order valence-electron chi connectivity index (χ2n) is 3.71. The molecule has 98 valence electrons. The molecule has 0 aliphatic rings. The maximum Gasteiger partial charge on any atom is 0.257 e. The van der Waals surface area contributed by atoms with Crippen LogP contribution in [-0.2, 0) is 0 Å². The average Bonchev–Trinajstić information content (AvgIpc) is 2.36. The molecule has 0 bridgehead atoms. The summed E-state index contributed by atoms with van der Waals surface area (Å²) in [6.45, 7) is 0. The molecule has 0 fully saturated rings. The van der Waals surface area contributed by atoms with Crippen molar-refractivity contribution >= 4 is 34.8 Å². The van der Waals surface area contributed by atoms with Crippen molar-refractivity contribution in [2.45, 2.75) is 0 Å². The molecule has 0 aliphatic heterocycles. The van der Waals surface area contributed by atoms with E-state index in [-0.39, 0.29) is 16.3 Å². The first-order valence-electron chi connectivity index (χ1n) is 5.19. The molecule has 0 aromatic heterocycles. The molecule has 2 aromatic carbocycles. The first-order chi connectivity index (χ1) is 8.97. The molecule has 2 rings (SSSR count). The van der Waals surface area contributed by atoms with E-state index in [1.54, 1.807) is 0 Å². The number of nitrogens with one attached hydrogen (secondary N) is 1. The van der Waals surface area contributed by atoms with Crippen molar-refractivity contribution in [1.29, 1.82) is 0 Å². The van der Waals surface area contributed by atoms with Crippen LogP contribution < -0.4 is 5.32 Å². The quantitative estimate of drug-likeness (QED) is 0.868. The third kappa shape index (κ3) is 3.22. The molecule has 0 atom stereocenters. The number of hydrogen-bond donors (Lipinski definition) is 1. The van der Waals surface area contributed by atoms with E-state index in [9.17, 15) is 13.6 Å². The molecular formula is C13H7Cl2F2NO. The van der Waals surface area contributed by atoms with Gasteiger partial charge < -0.3 is 5.32 Å². The summed E-state index contributed by atoms with van der Waals surface area (Å²) in [5.41, 5.74) is 0.277. The lowest BCUT2D eigenvalue weighted by molar-refractivity contribution is 0.102. The Balaban J connectivity index is 2.25. The topological polar surface area (TPSA) is 29.1 Å². The van der Waals surface area contributed by atoms with Crippen LogP contribution in [0, 0.1) is 11.6 Å². The van der Waals surface area contributed by atoms with Crippen LogP contribution in [0.1, 0.15) is 10.4 Å². The standard InChI is InChI=1S/C13H7Cl2F2NO/c14-7-1-3-10(15)9(5-7)13(19)18-8-2-4-11(16)12(17)6-8/h1-6H,(H,18,19). The highest BCUT2D eigenvalue weighted by molar-refractivity contribution is 6.36. The molecule has 2 nitrogen and oxygen atoms in total. The van der Waals surface area contributed by atoms with E-state index in [0.29, 0.717) is 5.02 Å². The van der Waals surface area contributed by atoms with Gasteiger partial charge in [0.1, 0.15) is 0 Å². The van der Waals surface area contributed by atoms with Crippen molar-refractivity contribution < 1.29 is 13.6 Å². The van der Waals surface area contributed by atoms with E-state index in [1.807, 2.05) is 0 Å². The fourth-order valence-electron chi connectivity index (χ4n) is 1.44. The highest BCUT2D eigenvalue weighted by Crippen LogP contribution is 2.22. The summed E-state index contributed by atoms with van der Waals surface area (Å²) in [6.07, 6.45) is 0. The number of benzene rings is 2. The van der Waals surface area contributed by atoms with Crippen LogP contribution >= 0.6 is 23.2 Å². The summed E-state index contributed by atoms with van der Waals surface area (Å²) in [5.74, 6) is -2.59. The van der Waals surface area contributed by atoms with Crippen LogP contribution in [0.15, 0.2) is 36.4 Å². The Morgan fingerprint density at radius 1 is 1.00 bits per heavy atom. The first kappa shape index (κ1) is 13.8. The fourth-order valence-corrected chi connectivity index (χ4v) is 1.82. The van der Waals surface area contributed by atoms with Crippen molar-refractivity contribution in [3.05, 3.63) is 63.6 Å². The maximum atomic E-state index is 13.0. The minimum Gasteiger partial charge on any atom is -0.322 e. The molecule has 6 heteroatoms. The lowest BCUT2D eigenvalue weighted by Crippen LogP contribution is -2.12. The van der Waals surface area contributed by atoms with Gasteiger partial charge >= 0.3 is 0 Å². The predicted octanol–water partition coefficient (Wildman–Crippen LogP) is 4.52. The Hall–Kier alpha value is -1.65. The van der Waals surface area contributed by atoms with E-state index in [2.05, 4.69) is 5.32 Å². The summed E-state index contributed by atoms with van der Waals surface area (Å²) in [6, 6.07) is 7.45. The summed E-state index contributed by atoms with van der Waals surface area (Å²) >= 11 is 11.6. The normalized spacial score (nSPS) is 10.3. The maximum absolute atomic E-state index is 13.0. The first-order valence-corrected chi connectivity index (χ1v) is 5.94. The number of anilines is 1. The van der Waals surface area contributed by atoms with Gasteiger partial charge in [-0.05, 0) is 30.3 Å². The molecule has 1 N–H and O–H groups in total. The third-order valence-electron chi connectivity index (χ3n) is 2.35.